The number of hydrogen-bond acceptors (Lipinski definition) is 5. The molecule has 0 aliphatic carbocycles. The van der Waals surface area contributed by atoms with Gasteiger partial charge in [-0.1, -0.05) is 0 Å². The van der Waals surface area contributed by atoms with E-state index in [2.05, 4.69) is 14.7 Å². The van der Waals surface area contributed by atoms with Gasteiger partial charge in [0.2, 0.25) is 0 Å². The first-order valence-corrected chi connectivity index (χ1v) is 7.96. The van der Waals surface area contributed by atoms with Crippen LogP contribution in [0.4, 0.5) is 5.13 Å². The lowest BCUT2D eigenvalue weighted by molar-refractivity contribution is 0.0690. The normalized spacial score (nSPS) is 11.6. The summed E-state index contributed by atoms with van der Waals surface area (Å²) in [5.74, 6) is -1.20. The number of aryl methyl sites for hydroxylation is 2. The van der Waals surface area contributed by atoms with E-state index < -0.39 is 16.0 Å². The number of rotatable bonds is 4. The fourth-order valence-electron chi connectivity index (χ4n) is 1.92. The van der Waals surface area contributed by atoms with Crippen LogP contribution >= 0.6 is 11.3 Å². The van der Waals surface area contributed by atoms with Crippen molar-refractivity contribution >= 4 is 32.5 Å². The molecule has 0 saturated carbocycles. The fraction of sp³-hybridized carbons (Fsp3) is 0.273. The quantitative estimate of drug-likeness (QED) is 0.797. The molecule has 2 aromatic heterocycles. The number of anilines is 1. The topological polar surface area (TPSA) is 112 Å². The van der Waals surface area contributed by atoms with Crippen LogP contribution in [-0.2, 0) is 10.0 Å². The smallest absolute Gasteiger partial charge is 0.352 e. The van der Waals surface area contributed by atoms with Gasteiger partial charge >= 0.3 is 5.97 Å². The van der Waals surface area contributed by atoms with Gasteiger partial charge in [0.05, 0.1) is 5.69 Å². The van der Waals surface area contributed by atoms with Crippen molar-refractivity contribution in [1.29, 1.82) is 0 Å². The summed E-state index contributed by atoms with van der Waals surface area (Å²) < 4.78 is 27.0. The number of aromatic nitrogens is 2. The predicted octanol–water partition coefficient (Wildman–Crippen LogP) is 1.90. The Kier molecular flexibility index (Phi) is 3.57. The summed E-state index contributed by atoms with van der Waals surface area (Å²) in [6.45, 7) is 4.72. The van der Waals surface area contributed by atoms with Gasteiger partial charge in [-0.2, -0.15) is 0 Å². The van der Waals surface area contributed by atoms with Crippen molar-refractivity contribution in [3.05, 3.63) is 28.0 Å². The predicted molar refractivity (Wildman–Crippen MR) is 74.9 cm³/mol. The number of sulfonamides is 1. The second-order valence-electron chi connectivity index (χ2n) is 4.28. The molecule has 2 aromatic rings. The molecule has 0 amide bonds. The molecule has 3 N–H and O–H groups in total. The first kappa shape index (κ1) is 14.5. The number of H-pyrrole nitrogens is 1. The maximum atomic E-state index is 12.3. The lowest BCUT2D eigenvalue weighted by Gasteiger charge is -2.05. The Bertz CT molecular complexity index is 774. The van der Waals surface area contributed by atoms with Crippen molar-refractivity contribution in [2.45, 2.75) is 25.7 Å². The zero-order valence-corrected chi connectivity index (χ0v) is 12.6. The van der Waals surface area contributed by atoms with Crippen LogP contribution in [0.3, 0.4) is 0 Å². The van der Waals surface area contributed by atoms with Crippen molar-refractivity contribution in [3.63, 3.8) is 0 Å². The zero-order chi connectivity index (χ0) is 15.1. The molecule has 2 heterocycles. The number of carboxylic acid groups (broad SMARTS) is 1. The molecule has 9 heteroatoms. The number of carboxylic acids is 1. The molecule has 108 valence electrons. The van der Waals surface area contributed by atoms with E-state index >= 15 is 0 Å². The second kappa shape index (κ2) is 4.91. The largest absolute Gasteiger partial charge is 0.477 e. The van der Waals surface area contributed by atoms with E-state index in [1.165, 1.54) is 25.2 Å². The summed E-state index contributed by atoms with van der Waals surface area (Å²) in [6, 6.07) is 0. The molecule has 20 heavy (non-hydrogen) atoms. The number of carbonyl (C=O) groups is 1. The molecule has 0 atom stereocenters. The lowest BCUT2D eigenvalue weighted by atomic mass is 10.2. The van der Waals surface area contributed by atoms with Crippen molar-refractivity contribution in [2.75, 3.05) is 4.72 Å². The summed E-state index contributed by atoms with van der Waals surface area (Å²) in [5, 5.41) is 11.0. The minimum absolute atomic E-state index is 0.0530. The molecule has 0 aliphatic rings. The molecule has 0 radical (unpaired) electrons. The third-order valence-corrected chi connectivity index (χ3v) is 5.31. The average molecular weight is 315 g/mol. The number of nitrogens with zero attached hydrogens (tertiary/aromatic N) is 1. The van der Waals surface area contributed by atoms with Crippen LogP contribution in [-0.4, -0.2) is 29.5 Å². The highest BCUT2D eigenvalue weighted by atomic mass is 32.2. The van der Waals surface area contributed by atoms with Crippen LogP contribution in [0.2, 0.25) is 0 Å². The van der Waals surface area contributed by atoms with E-state index in [0.717, 1.165) is 0 Å². The van der Waals surface area contributed by atoms with E-state index in [9.17, 15) is 13.2 Å². The molecule has 0 saturated heterocycles. The summed E-state index contributed by atoms with van der Waals surface area (Å²) in [5.41, 5.74) is 1.04. The van der Waals surface area contributed by atoms with E-state index in [1.807, 2.05) is 0 Å². The van der Waals surface area contributed by atoms with Gasteiger partial charge in [-0.3, -0.25) is 4.72 Å². The van der Waals surface area contributed by atoms with Crippen LogP contribution in [0.15, 0.2) is 10.3 Å². The molecule has 2 rings (SSSR count). The standard InChI is InChI=1S/C11H13N3O4S2/c1-5-4-19-11(12-5)14-20(17,18)9-6(2)8(10(15)16)13-7(9)3/h4,13H,1-3H3,(H,12,14)(H,15,16). The highest BCUT2D eigenvalue weighted by molar-refractivity contribution is 7.93. The third kappa shape index (κ3) is 2.54. The fourth-order valence-corrected chi connectivity index (χ4v) is 4.31. The van der Waals surface area contributed by atoms with E-state index in [0.29, 0.717) is 5.69 Å². The SMILES string of the molecule is Cc1csc(NS(=O)(=O)c2c(C)[nH]c(C(=O)O)c2C)n1. The van der Waals surface area contributed by atoms with Gasteiger partial charge in [-0.15, -0.1) is 11.3 Å². The van der Waals surface area contributed by atoms with Crippen molar-refractivity contribution in [2.24, 2.45) is 0 Å². The summed E-state index contributed by atoms with van der Waals surface area (Å²) in [6.07, 6.45) is 0. The summed E-state index contributed by atoms with van der Waals surface area (Å²) >= 11 is 1.17. The Morgan fingerprint density at radius 1 is 1.40 bits per heavy atom. The average Bonchev–Trinajstić information content (AvgIpc) is 2.82. The zero-order valence-electron chi connectivity index (χ0n) is 11.0. The minimum Gasteiger partial charge on any atom is -0.477 e. The molecule has 0 bridgehead atoms. The number of aromatic carboxylic acids is 1. The maximum absolute atomic E-state index is 12.3. The van der Waals surface area contributed by atoms with Gasteiger partial charge in [0.25, 0.3) is 10.0 Å². The van der Waals surface area contributed by atoms with Gasteiger partial charge < -0.3 is 10.1 Å². The Hall–Kier alpha value is -1.87. The van der Waals surface area contributed by atoms with Crippen LogP contribution in [0.25, 0.3) is 0 Å². The Labute approximate surface area is 119 Å². The molecule has 0 aliphatic heterocycles. The number of nitrogens with one attached hydrogen (secondary N) is 2. The first-order valence-electron chi connectivity index (χ1n) is 5.60. The Balaban J connectivity index is 2.47. The molecule has 0 spiro atoms. The minimum atomic E-state index is -3.87. The maximum Gasteiger partial charge on any atom is 0.352 e. The summed E-state index contributed by atoms with van der Waals surface area (Å²) in [4.78, 5) is 17.6. The second-order valence-corrected chi connectivity index (χ2v) is 6.76. The van der Waals surface area contributed by atoms with Crippen LogP contribution < -0.4 is 4.72 Å². The van der Waals surface area contributed by atoms with E-state index in [1.54, 1.807) is 12.3 Å². The molecular weight excluding hydrogens is 302 g/mol. The highest BCUT2D eigenvalue weighted by Gasteiger charge is 2.27. The first-order chi connectivity index (χ1) is 9.22. The molecular formula is C11H13N3O4S2. The van der Waals surface area contributed by atoms with Gasteiger partial charge in [-0.25, -0.2) is 18.2 Å². The van der Waals surface area contributed by atoms with Crippen LogP contribution in [0, 0.1) is 20.8 Å². The van der Waals surface area contributed by atoms with Crippen LogP contribution in [0.1, 0.15) is 27.4 Å². The van der Waals surface area contributed by atoms with Gasteiger partial charge in [0.15, 0.2) is 5.13 Å². The number of hydrogen-bond donors (Lipinski definition) is 3. The molecule has 0 fully saturated rings. The van der Waals surface area contributed by atoms with E-state index in [4.69, 9.17) is 5.11 Å². The Morgan fingerprint density at radius 3 is 2.50 bits per heavy atom. The number of thiazole rings is 1. The summed E-state index contributed by atoms with van der Waals surface area (Å²) in [7, 11) is -3.87. The molecule has 0 aromatic carbocycles. The van der Waals surface area contributed by atoms with E-state index in [-0.39, 0.29) is 27.0 Å². The van der Waals surface area contributed by atoms with Crippen molar-refractivity contribution in [3.8, 4) is 0 Å². The van der Waals surface area contributed by atoms with Gasteiger partial charge in [0, 0.05) is 16.6 Å². The van der Waals surface area contributed by atoms with Gasteiger partial charge in [-0.05, 0) is 20.8 Å². The van der Waals surface area contributed by atoms with Crippen molar-refractivity contribution < 1.29 is 18.3 Å². The van der Waals surface area contributed by atoms with Gasteiger partial charge in [0.1, 0.15) is 10.6 Å². The third-order valence-electron chi connectivity index (χ3n) is 2.69. The Morgan fingerprint density at radius 2 is 2.05 bits per heavy atom. The molecule has 0 unspecified atom stereocenters. The van der Waals surface area contributed by atoms with Crippen molar-refractivity contribution in [1.82, 2.24) is 9.97 Å². The highest BCUT2D eigenvalue weighted by Crippen LogP contribution is 2.26. The van der Waals surface area contributed by atoms with Crippen LogP contribution in [0.5, 0.6) is 0 Å². The monoisotopic (exact) mass is 315 g/mol. The lowest BCUT2D eigenvalue weighted by Crippen LogP contribution is -2.14. The number of aromatic amines is 1. The molecule has 7 nitrogen and oxygen atoms in total.